The number of amides is 1. The van der Waals surface area contributed by atoms with Crippen LogP contribution in [0.2, 0.25) is 5.02 Å². The van der Waals surface area contributed by atoms with Crippen LogP contribution in [0, 0.1) is 0 Å². The Hall–Kier alpha value is -2.25. The minimum Gasteiger partial charge on any atom is -0.313 e. The van der Waals surface area contributed by atoms with Gasteiger partial charge in [0.15, 0.2) is 4.80 Å². The third kappa shape index (κ3) is 3.00. The first-order valence-corrected chi connectivity index (χ1v) is 7.66. The first-order chi connectivity index (χ1) is 10.7. The van der Waals surface area contributed by atoms with Gasteiger partial charge in [-0.2, -0.15) is 10.1 Å². The van der Waals surface area contributed by atoms with Crippen LogP contribution in [-0.4, -0.2) is 25.2 Å². The van der Waals surface area contributed by atoms with Gasteiger partial charge in [0.05, 0.1) is 10.2 Å². The van der Waals surface area contributed by atoms with Crippen molar-refractivity contribution in [3.05, 3.63) is 53.3 Å². The Morgan fingerprint density at radius 2 is 2.36 bits per heavy atom. The van der Waals surface area contributed by atoms with Crippen molar-refractivity contribution >= 4 is 39.1 Å². The number of allylic oxidation sites excluding steroid dienone is 1. The lowest BCUT2D eigenvalue weighted by molar-refractivity contribution is -0.118. The van der Waals surface area contributed by atoms with E-state index in [1.807, 2.05) is 22.8 Å². The molecule has 2 heterocycles. The zero-order chi connectivity index (χ0) is 15.5. The van der Waals surface area contributed by atoms with Crippen LogP contribution in [0.25, 0.3) is 10.2 Å². The second-order valence-electron chi connectivity index (χ2n) is 4.49. The predicted octanol–water partition coefficient (Wildman–Crippen LogP) is 2.26. The summed E-state index contributed by atoms with van der Waals surface area (Å²) in [6.07, 6.45) is 4.63. The van der Waals surface area contributed by atoms with Crippen LogP contribution in [0.1, 0.15) is 0 Å². The van der Waals surface area contributed by atoms with Crippen molar-refractivity contribution in [2.75, 3.05) is 0 Å². The maximum absolute atomic E-state index is 12.1. The number of fused-ring (bicyclic) bond motifs is 1. The number of thiazole rings is 1. The van der Waals surface area contributed by atoms with Gasteiger partial charge in [-0.15, -0.1) is 6.58 Å². The minimum atomic E-state index is -0.291. The first-order valence-electron chi connectivity index (χ1n) is 6.47. The van der Waals surface area contributed by atoms with Gasteiger partial charge in [-0.05, 0) is 18.2 Å². The smallest absolute Gasteiger partial charge is 0.270 e. The molecule has 1 amide bonds. The zero-order valence-corrected chi connectivity index (χ0v) is 13.1. The Kier molecular flexibility index (Phi) is 4.17. The summed E-state index contributed by atoms with van der Waals surface area (Å²) < 4.78 is 4.35. The third-order valence-electron chi connectivity index (χ3n) is 2.94. The standard InChI is InChI=1S/C14H12ClN5OS/c1-2-5-20-11-4-3-10(15)6-12(11)22-14(20)18-13(21)7-19-9-16-8-17-19/h2-4,6,8-9H,1,5,7H2. The summed E-state index contributed by atoms with van der Waals surface area (Å²) in [7, 11) is 0. The number of carbonyl (C=O) groups excluding carboxylic acids is 1. The van der Waals surface area contributed by atoms with Gasteiger partial charge >= 0.3 is 0 Å². The molecule has 0 N–H and O–H groups in total. The Balaban J connectivity index is 2.04. The van der Waals surface area contributed by atoms with Crippen LogP contribution < -0.4 is 4.80 Å². The molecule has 2 aromatic heterocycles. The Bertz CT molecular complexity index is 894. The molecule has 112 valence electrons. The summed E-state index contributed by atoms with van der Waals surface area (Å²) in [6, 6.07) is 5.60. The highest BCUT2D eigenvalue weighted by molar-refractivity contribution is 7.16. The number of hydrogen-bond donors (Lipinski definition) is 0. The average molecular weight is 334 g/mol. The second kappa shape index (κ2) is 6.25. The van der Waals surface area contributed by atoms with Crippen molar-refractivity contribution < 1.29 is 4.79 Å². The molecule has 0 saturated heterocycles. The molecule has 0 fully saturated rings. The van der Waals surface area contributed by atoms with Crippen LogP contribution in [0.3, 0.4) is 0 Å². The second-order valence-corrected chi connectivity index (χ2v) is 5.94. The Labute approximate surface area is 135 Å². The lowest BCUT2D eigenvalue weighted by atomic mass is 10.3. The molecule has 0 saturated carbocycles. The van der Waals surface area contributed by atoms with Gasteiger partial charge in [0, 0.05) is 11.6 Å². The van der Waals surface area contributed by atoms with Crippen LogP contribution >= 0.6 is 22.9 Å². The topological polar surface area (TPSA) is 65.1 Å². The van der Waals surface area contributed by atoms with E-state index in [0.717, 1.165) is 10.2 Å². The van der Waals surface area contributed by atoms with Crippen molar-refractivity contribution in [1.29, 1.82) is 0 Å². The first kappa shape index (κ1) is 14.7. The number of nitrogens with zero attached hydrogens (tertiary/aromatic N) is 5. The highest BCUT2D eigenvalue weighted by Crippen LogP contribution is 2.21. The van der Waals surface area contributed by atoms with Gasteiger partial charge in [-0.25, -0.2) is 9.67 Å². The number of aromatic nitrogens is 4. The molecule has 3 aromatic rings. The number of halogens is 1. The lowest BCUT2D eigenvalue weighted by Crippen LogP contribution is -2.18. The predicted molar refractivity (Wildman–Crippen MR) is 85.6 cm³/mol. The van der Waals surface area contributed by atoms with Crippen molar-refractivity contribution in [3.8, 4) is 0 Å². The number of hydrogen-bond acceptors (Lipinski definition) is 4. The fraction of sp³-hybridized carbons (Fsp3) is 0.143. The molecule has 0 radical (unpaired) electrons. The highest BCUT2D eigenvalue weighted by atomic mass is 35.5. The van der Waals surface area contributed by atoms with E-state index < -0.39 is 0 Å². The van der Waals surface area contributed by atoms with E-state index in [-0.39, 0.29) is 12.5 Å². The van der Waals surface area contributed by atoms with Gasteiger partial charge in [0.25, 0.3) is 5.91 Å². The fourth-order valence-electron chi connectivity index (χ4n) is 2.03. The van der Waals surface area contributed by atoms with Crippen molar-refractivity contribution in [2.45, 2.75) is 13.1 Å². The summed E-state index contributed by atoms with van der Waals surface area (Å²) in [5, 5.41) is 4.55. The van der Waals surface area contributed by atoms with E-state index in [9.17, 15) is 4.79 Å². The molecule has 3 rings (SSSR count). The highest BCUT2D eigenvalue weighted by Gasteiger charge is 2.08. The van der Waals surface area contributed by atoms with Crippen LogP contribution in [0.5, 0.6) is 0 Å². The van der Waals surface area contributed by atoms with Gasteiger partial charge < -0.3 is 4.57 Å². The van der Waals surface area contributed by atoms with Gasteiger partial charge in [0.1, 0.15) is 19.2 Å². The molecule has 6 nitrogen and oxygen atoms in total. The van der Waals surface area contributed by atoms with Crippen LogP contribution in [0.4, 0.5) is 0 Å². The van der Waals surface area contributed by atoms with E-state index in [1.54, 1.807) is 6.08 Å². The third-order valence-corrected chi connectivity index (χ3v) is 4.22. The van der Waals surface area contributed by atoms with Gasteiger partial charge in [-0.1, -0.05) is 29.0 Å². The van der Waals surface area contributed by atoms with E-state index in [1.165, 1.54) is 28.7 Å². The molecule has 0 bridgehead atoms. The molecule has 0 spiro atoms. The lowest BCUT2D eigenvalue weighted by Gasteiger charge is -2.00. The monoisotopic (exact) mass is 333 g/mol. The fourth-order valence-corrected chi connectivity index (χ4v) is 3.37. The quantitative estimate of drug-likeness (QED) is 0.688. The number of rotatable bonds is 4. The molecule has 8 heteroatoms. The molecule has 0 aliphatic carbocycles. The number of carbonyl (C=O) groups is 1. The number of benzene rings is 1. The largest absolute Gasteiger partial charge is 0.313 e. The zero-order valence-electron chi connectivity index (χ0n) is 11.5. The van der Waals surface area contributed by atoms with Crippen molar-refractivity contribution in [2.24, 2.45) is 4.99 Å². The van der Waals surface area contributed by atoms with E-state index >= 15 is 0 Å². The molecule has 1 aromatic carbocycles. The minimum absolute atomic E-state index is 0.0586. The van der Waals surface area contributed by atoms with E-state index in [0.29, 0.717) is 16.4 Å². The van der Waals surface area contributed by atoms with Crippen molar-refractivity contribution in [1.82, 2.24) is 19.3 Å². The van der Waals surface area contributed by atoms with Gasteiger partial charge in [-0.3, -0.25) is 4.79 Å². The Morgan fingerprint density at radius 1 is 1.50 bits per heavy atom. The average Bonchev–Trinajstić information content (AvgIpc) is 3.08. The molecule has 0 unspecified atom stereocenters. The summed E-state index contributed by atoms with van der Waals surface area (Å²) >= 11 is 7.44. The van der Waals surface area contributed by atoms with Gasteiger partial charge in [0.2, 0.25) is 0 Å². The molecule has 22 heavy (non-hydrogen) atoms. The summed E-state index contributed by atoms with van der Waals surface area (Å²) in [6.45, 7) is 4.37. The summed E-state index contributed by atoms with van der Waals surface area (Å²) in [5.41, 5.74) is 0.974. The normalized spacial score (nSPS) is 12.0. The van der Waals surface area contributed by atoms with Crippen LogP contribution in [-0.2, 0) is 17.9 Å². The molecule has 0 atom stereocenters. The maximum atomic E-state index is 12.1. The molecule has 0 aliphatic rings. The maximum Gasteiger partial charge on any atom is 0.270 e. The van der Waals surface area contributed by atoms with Crippen molar-refractivity contribution in [3.63, 3.8) is 0 Å². The molecule has 0 aliphatic heterocycles. The van der Waals surface area contributed by atoms with Crippen LogP contribution in [0.15, 0.2) is 48.5 Å². The molecular formula is C14H12ClN5OS. The Morgan fingerprint density at radius 3 is 3.09 bits per heavy atom. The van der Waals surface area contributed by atoms with E-state index in [4.69, 9.17) is 11.6 Å². The molecular weight excluding hydrogens is 322 g/mol. The summed E-state index contributed by atoms with van der Waals surface area (Å²) in [4.78, 5) is 20.7. The van der Waals surface area contributed by atoms with E-state index in [2.05, 4.69) is 21.7 Å². The SMILES string of the molecule is C=CCn1c(=NC(=O)Cn2cncn2)sc2cc(Cl)ccc21. The summed E-state index contributed by atoms with van der Waals surface area (Å²) in [5.74, 6) is -0.291.